The van der Waals surface area contributed by atoms with Crippen LogP contribution in [-0.2, 0) is 0 Å². The Labute approximate surface area is 122 Å². The Kier molecular flexibility index (Phi) is 3.62. The highest BCUT2D eigenvalue weighted by atomic mass is 16.5. The van der Waals surface area contributed by atoms with Crippen LogP contribution >= 0.6 is 0 Å². The van der Waals surface area contributed by atoms with Gasteiger partial charge in [0, 0.05) is 11.3 Å². The number of H-pyrrole nitrogens is 1. The molecule has 6 heteroatoms. The quantitative estimate of drug-likeness (QED) is 0.872. The number of benzene rings is 1. The summed E-state index contributed by atoms with van der Waals surface area (Å²) >= 11 is 0. The Bertz CT molecular complexity index is 653. The SMILES string of the molecule is Cc1[nH]ncc1C(=O)N1CCOc2ccccc2[C@@H]1CO. The maximum absolute atomic E-state index is 12.7. The molecule has 1 aliphatic heterocycles. The average molecular weight is 287 g/mol. The van der Waals surface area contributed by atoms with Crippen LogP contribution in [0.4, 0.5) is 0 Å². The second-order valence-electron chi connectivity index (χ2n) is 4.99. The van der Waals surface area contributed by atoms with Crippen LogP contribution in [0.25, 0.3) is 0 Å². The number of amides is 1. The van der Waals surface area contributed by atoms with E-state index >= 15 is 0 Å². The standard InChI is InChI=1S/C15H17N3O3/c1-10-12(8-16-17-10)15(20)18-6-7-21-14-5-3-2-4-11(14)13(18)9-19/h2-5,8,13,19H,6-7,9H2,1H3,(H,16,17)/t13-/m0/s1. The van der Waals surface area contributed by atoms with Gasteiger partial charge in [-0.15, -0.1) is 0 Å². The van der Waals surface area contributed by atoms with Gasteiger partial charge in [-0.3, -0.25) is 9.89 Å². The molecule has 1 aromatic carbocycles. The summed E-state index contributed by atoms with van der Waals surface area (Å²) in [6.45, 7) is 2.47. The van der Waals surface area contributed by atoms with Crippen LogP contribution in [-0.4, -0.2) is 45.9 Å². The first kappa shape index (κ1) is 13.6. The summed E-state index contributed by atoms with van der Waals surface area (Å²) < 4.78 is 5.68. The van der Waals surface area contributed by atoms with E-state index in [1.165, 1.54) is 6.20 Å². The van der Waals surface area contributed by atoms with Gasteiger partial charge >= 0.3 is 0 Å². The number of aromatic amines is 1. The number of fused-ring (bicyclic) bond motifs is 1. The lowest BCUT2D eigenvalue weighted by Crippen LogP contribution is -2.38. The predicted molar refractivity (Wildman–Crippen MR) is 76.1 cm³/mol. The van der Waals surface area contributed by atoms with Crippen molar-refractivity contribution in [2.45, 2.75) is 13.0 Å². The molecule has 1 amide bonds. The van der Waals surface area contributed by atoms with Crippen LogP contribution in [0.5, 0.6) is 5.75 Å². The Morgan fingerprint density at radius 3 is 3.05 bits per heavy atom. The van der Waals surface area contributed by atoms with Crippen LogP contribution in [0.2, 0.25) is 0 Å². The molecule has 0 unspecified atom stereocenters. The summed E-state index contributed by atoms with van der Waals surface area (Å²) in [4.78, 5) is 14.4. The molecule has 0 bridgehead atoms. The first-order valence-electron chi connectivity index (χ1n) is 6.86. The zero-order valence-corrected chi connectivity index (χ0v) is 11.7. The van der Waals surface area contributed by atoms with E-state index in [9.17, 15) is 9.90 Å². The van der Waals surface area contributed by atoms with Crippen molar-refractivity contribution >= 4 is 5.91 Å². The largest absolute Gasteiger partial charge is 0.491 e. The average Bonchev–Trinajstić information content (AvgIpc) is 2.83. The maximum atomic E-state index is 12.7. The molecule has 0 fully saturated rings. The minimum absolute atomic E-state index is 0.150. The van der Waals surface area contributed by atoms with Crippen molar-refractivity contribution in [2.75, 3.05) is 19.8 Å². The van der Waals surface area contributed by atoms with Crippen molar-refractivity contribution in [1.29, 1.82) is 0 Å². The topological polar surface area (TPSA) is 78.5 Å². The van der Waals surface area contributed by atoms with E-state index in [0.717, 1.165) is 17.0 Å². The van der Waals surface area contributed by atoms with Crippen LogP contribution in [0.15, 0.2) is 30.5 Å². The van der Waals surface area contributed by atoms with E-state index in [1.54, 1.807) is 11.8 Å². The van der Waals surface area contributed by atoms with Gasteiger partial charge in [-0.05, 0) is 13.0 Å². The molecule has 2 N–H and O–H groups in total. The van der Waals surface area contributed by atoms with E-state index in [4.69, 9.17) is 4.74 Å². The number of carbonyl (C=O) groups excluding carboxylic acids is 1. The van der Waals surface area contributed by atoms with Crippen LogP contribution in [0, 0.1) is 6.92 Å². The first-order chi connectivity index (χ1) is 10.2. The molecule has 0 aliphatic carbocycles. The van der Waals surface area contributed by atoms with E-state index in [1.807, 2.05) is 24.3 Å². The number of hydrogen-bond acceptors (Lipinski definition) is 4. The Morgan fingerprint density at radius 2 is 2.33 bits per heavy atom. The van der Waals surface area contributed by atoms with Crippen molar-refractivity contribution in [1.82, 2.24) is 15.1 Å². The highest BCUT2D eigenvalue weighted by molar-refractivity contribution is 5.95. The van der Waals surface area contributed by atoms with Crippen molar-refractivity contribution < 1.29 is 14.6 Å². The number of para-hydroxylation sites is 1. The molecule has 1 atom stereocenters. The van der Waals surface area contributed by atoms with Crippen molar-refractivity contribution in [3.8, 4) is 5.75 Å². The maximum Gasteiger partial charge on any atom is 0.258 e. The molecule has 0 saturated carbocycles. The Hall–Kier alpha value is -2.34. The molecule has 3 rings (SSSR count). The summed E-state index contributed by atoms with van der Waals surface area (Å²) in [5.41, 5.74) is 2.06. The van der Waals surface area contributed by atoms with Gasteiger partial charge in [0.15, 0.2) is 0 Å². The zero-order chi connectivity index (χ0) is 14.8. The minimum atomic E-state index is -0.412. The molecular formula is C15H17N3O3. The van der Waals surface area contributed by atoms with E-state index in [2.05, 4.69) is 10.2 Å². The van der Waals surface area contributed by atoms with Gasteiger partial charge in [0.2, 0.25) is 0 Å². The number of ether oxygens (including phenoxy) is 1. The minimum Gasteiger partial charge on any atom is -0.491 e. The predicted octanol–water partition coefficient (Wildman–Crippen LogP) is 1.29. The molecule has 6 nitrogen and oxygen atoms in total. The molecule has 1 aromatic heterocycles. The smallest absolute Gasteiger partial charge is 0.258 e. The number of nitrogens with zero attached hydrogens (tertiary/aromatic N) is 2. The summed E-state index contributed by atoms with van der Waals surface area (Å²) in [5, 5.41) is 16.4. The third-order valence-electron chi connectivity index (χ3n) is 3.74. The summed E-state index contributed by atoms with van der Waals surface area (Å²) in [6.07, 6.45) is 1.52. The second kappa shape index (κ2) is 5.57. The molecule has 0 radical (unpaired) electrons. The lowest BCUT2D eigenvalue weighted by molar-refractivity contribution is 0.0584. The lowest BCUT2D eigenvalue weighted by Gasteiger charge is -2.28. The number of aliphatic hydroxyl groups is 1. The van der Waals surface area contributed by atoms with Gasteiger partial charge < -0.3 is 14.7 Å². The van der Waals surface area contributed by atoms with Crippen molar-refractivity contribution in [3.05, 3.63) is 47.3 Å². The molecule has 2 aromatic rings. The van der Waals surface area contributed by atoms with Gasteiger partial charge in [-0.2, -0.15) is 5.10 Å². The monoisotopic (exact) mass is 287 g/mol. The number of nitrogens with one attached hydrogen (secondary N) is 1. The van der Waals surface area contributed by atoms with Crippen molar-refractivity contribution in [2.24, 2.45) is 0 Å². The number of aryl methyl sites for hydroxylation is 1. The lowest BCUT2D eigenvalue weighted by atomic mass is 10.0. The Balaban J connectivity index is 1.99. The molecule has 110 valence electrons. The highest BCUT2D eigenvalue weighted by Crippen LogP contribution is 2.32. The van der Waals surface area contributed by atoms with E-state index in [-0.39, 0.29) is 12.5 Å². The van der Waals surface area contributed by atoms with Gasteiger partial charge in [0.1, 0.15) is 12.4 Å². The molecular weight excluding hydrogens is 270 g/mol. The van der Waals surface area contributed by atoms with Gasteiger partial charge in [-0.25, -0.2) is 0 Å². The molecule has 0 spiro atoms. The molecule has 2 heterocycles. The fourth-order valence-corrected chi connectivity index (χ4v) is 2.63. The van der Waals surface area contributed by atoms with Crippen LogP contribution in [0.1, 0.15) is 27.7 Å². The highest BCUT2D eigenvalue weighted by Gasteiger charge is 2.31. The molecule has 1 aliphatic rings. The van der Waals surface area contributed by atoms with Crippen molar-refractivity contribution in [3.63, 3.8) is 0 Å². The summed E-state index contributed by atoms with van der Waals surface area (Å²) in [7, 11) is 0. The van der Waals surface area contributed by atoms with Crippen LogP contribution in [0.3, 0.4) is 0 Å². The summed E-state index contributed by atoms with van der Waals surface area (Å²) in [5.74, 6) is 0.566. The molecule has 21 heavy (non-hydrogen) atoms. The Morgan fingerprint density at radius 1 is 1.52 bits per heavy atom. The van der Waals surface area contributed by atoms with Gasteiger partial charge in [0.05, 0.1) is 31.0 Å². The normalized spacial score (nSPS) is 17.8. The number of hydrogen-bond donors (Lipinski definition) is 2. The number of rotatable bonds is 2. The van der Waals surface area contributed by atoms with Gasteiger partial charge in [-0.1, -0.05) is 18.2 Å². The fraction of sp³-hybridized carbons (Fsp3) is 0.333. The fourth-order valence-electron chi connectivity index (χ4n) is 2.63. The first-order valence-corrected chi connectivity index (χ1v) is 6.86. The summed E-state index contributed by atoms with van der Waals surface area (Å²) in [6, 6.07) is 7.08. The second-order valence-corrected chi connectivity index (χ2v) is 4.99. The van der Waals surface area contributed by atoms with Crippen LogP contribution < -0.4 is 4.74 Å². The number of aliphatic hydroxyl groups excluding tert-OH is 1. The third-order valence-corrected chi connectivity index (χ3v) is 3.74. The van der Waals surface area contributed by atoms with Gasteiger partial charge in [0.25, 0.3) is 5.91 Å². The number of aromatic nitrogens is 2. The zero-order valence-electron chi connectivity index (χ0n) is 11.7. The molecule has 0 saturated heterocycles. The van der Waals surface area contributed by atoms with E-state index < -0.39 is 6.04 Å². The third kappa shape index (κ3) is 2.38. The number of carbonyl (C=O) groups is 1. The van der Waals surface area contributed by atoms with E-state index in [0.29, 0.717) is 18.7 Å².